The molecule has 3 rings (SSSR count). The molecule has 0 radical (unpaired) electrons. The van der Waals surface area contributed by atoms with Crippen molar-refractivity contribution in [3.05, 3.63) is 52.2 Å². The minimum atomic E-state index is -0.0537. The predicted octanol–water partition coefficient (Wildman–Crippen LogP) is 4.06. The van der Waals surface area contributed by atoms with E-state index in [1.807, 2.05) is 53.6 Å². The van der Waals surface area contributed by atoms with Crippen LogP contribution in [0.15, 0.2) is 41.8 Å². The lowest BCUT2D eigenvalue weighted by atomic mass is 9.97. The van der Waals surface area contributed by atoms with Crippen LogP contribution in [0.5, 0.6) is 5.75 Å². The normalized spacial score (nSPS) is 17.3. The predicted molar refractivity (Wildman–Crippen MR) is 88.1 cm³/mol. The average Bonchev–Trinajstić information content (AvgIpc) is 3.01. The Morgan fingerprint density at radius 1 is 1.33 bits per heavy atom. The molecule has 1 aromatic carbocycles. The highest BCUT2D eigenvalue weighted by atomic mass is 32.1. The molecule has 0 N–H and O–H groups in total. The lowest BCUT2D eigenvalue weighted by Crippen LogP contribution is -2.41. The van der Waals surface area contributed by atoms with Crippen LogP contribution in [0, 0.1) is 0 Å². The van der Waals surface area contributed by atoms with Crippen LogP contribution in [0.1, 0.15) is 34.6 Å². The number of nitrogens with zero attached hydrogens (tertiary/aromatic N) is 1. The molecule has 0 aliphatic carbocycles. The number of hydrogen-bond acceptors (Lipinski definition) is 4. The molecule has 0 bridgehead atoms. The monoisotopic (exact) mass is 317 g/mol. The van der Waals surface area contributed by atoms with E-state index in [2.05, 4.69) is 0 Å². The number of para-hydroxylation sites is 1. The van der Waals surface area contributed by atoms with E-state index >= 15 is 0 Å². The fourth-order valence-corrected chi connectivity index (χ4v) is 3.60. The van der Waals surface area contributed by atoms with Crippen LogP contribution in [0.25, 0.3) is 0 Å². The standard InChI is InChI=1S/C16H15NO2S2/c1-2-17-12(10-13(18)15-8-5-9-21-15)11-6-3-4-7-14(11)19-16(17)20/h3-9,12H,2,10H2,1H3. The van der Waals surface area contributed by atoms with Crippen molar-refractivity contribution in [1.29, 1.82) is 0 Å². The molecular weight excluding hydrogens is 302 g/mol. The molecule has 0 saturated carbocycles. The molecule has 2 aromatic rings. The lowest BCUT2D eigenvalue weighted by molar-refractivity contribution is 0.0945. The number of ether oxygens (including phenoxy) is 1. The molecule has 21 heavy (non-hydrogen) atoms. The van der Waals surface area contributed by atoms with E-state index in [0.717, 1.165) is 22.7 Å². The molecule has 3 nitrogen and oxygen atoms in total. The van der Waals surface area contributed by atoms with Gasteiger partial charge in [0.1, 0.15) is 5.75 Å². The van der Waals surface area contributed by atoms with E-state index in [1.54, 1.807) is 0 Å². The van der Waals surface area contributed by atoms with Gasteiger partial charge in [0.2, 0.25) is 0 Å². The highest BCUT2D eigenvalue weighted by Gasteiger charge is 2.32. The van der Waals surface area contributed by atoms with E-state index in [0.29, 0.717) is 11.6 Å². The number of thiocarbonyl (C=S) groups is 1. The fraction of sp³-hybridized carbons (Fsp3) is 0.250. The van der Waals surface area contributed by atoms with Gasteiger partial charge in [0.05, 0.1) is 10.9 Å². The largest absolute Gasteiger partial charge is 0.431 e. The lowest BCUT2D eigenvalue weighted by Gasteiger charge is -2.37. The van der Waals surface area contributed by atoms with Gasteiger partial charge in [-0.05, 0) is 36.7 Å². The number of hydrogen-bond donors (Lipinski definition) is 0. The van der Waals surface area contributed by atoms with Crippen molar-refractivity contribution in [3.63, 3.8) is 0 Å². The van der Waals surface area contributed by atoms with Crippen LogP contribution in [0.2, 0.25) is 0 Å². The zero-order valence-electron chi connectivity index (χ0n) is 11.6. The summed E-state index contributed by atoms with van der Waals surface area (Å²) in [6.45, 7) is 2.74. The van der Waals surface area contributed by atoms with Gasteiger partial charge < -0.3 is 9.64 Å². The zero-order chi connectivity index (χ0) is 14.8. The number of benzene rings is 1. The minimum absolute atomic E-state index is 0.0537. The average molecular weight is 317 g/mol. The SMILES string of the molecule is CCN1C(=S)Oc2ccccc2C1CC(=O)c1cccs1. The van der Waals surface area contributed by atoms with Crippen LogP contribution < -0.4 is 4.74 Å². The molecule has 1 atom stereocenters. The number of ketones is 1. The Balaban J connectivity index is 1.94. The molecule has 0 amide bonds. The minimum Gasteiger partial charge on any atom is -0.431 e. The Hall–Kier alpha value is -1.72. The number of fused-ring (bicyclic) bond motifs is 1. The van der Waals surface area contributed by atoms with Crippen molar-refractivity contribution in [2.24, 2.45) is 0 Å². The second kappa shape index (κ2) is 5.95. The summed E-state index contributed by atoms with van der Waals surface area (Å²) >= 11 is 6.81. The summed E-state index contributed by atoms with van der Waals surface area (Å²) in [7, 11) is 0. The first-order chi connectivity index (χ1) is 10.2. The summed E-state index contributed by atoms with van der Waals surface area (Å²) in [5.74, 6) is 0.907. The third-order valence-electron chi connectivity index (χ3n) is 3.60. The smallest absolute Gasteiger partial charge is 0.265 e. The Labute approximate surface area is 133 Å². The van der Waals surface area contributed by atoms with E-state index in [1.165, 1.54) is 11.3 Å². The molecule has 2 heterocycles. The van der Waals surface area contributed by atoms with Crippen molar-refractivity contribution < 1.29 is 9.53 Å². The Morgan fingerprint density at radius 3 is 2.86 bits per heavy atom. The third kappa shape index (κ3) is 2.71. The van der Waals surface area contributed by atoms with Gasteiger partial charge in [0, 0.05) is 18.5 Å². The summed E-state index contributed by atoms with van der Waals surface area (Å²) in [5.41, 5.74) is 1.03. The molecule has 1 aromatic heterocycles. The van der Waals surface area contributed by atoms with Crippen molar-refractivity contribution >= 4 is 34.5 Å². The zero-order valence-corrected chi connectivity index (χ0v) is 13.2. The van der Waals surface area contributed by atoms with Gasteiger partial charge in [-0.15, -0.1) is 11.3 Å². The summed E-state index contributed by atoms with van der Waals surface area (Å²) in [6.07, 6.45) is 0.412. The molecule has 0 spiro atoms. The van der Waals surface area contributed by atoms with Crippen molar-refractivity contribution in [1.82, 2.24) is 4.90 Å². The Morgan fingerprint density at radius 2 is 2.14 bits per heavy atom. The summed E-state index contributed by atoms with van der Waals surface area (Å²) in [6, 6.07) is 11.5. The quantitative estimate of drug-likeness (QED) is 0.628. The maximum atomic E-state index is 12.5. The van der Waals surface area contributed by atoms with Crippen molar-refractivity contribution in [2.45, 2.75) is 19.4 Å². The summed E-state index contributed by atoms with van der Waals surface area (Å²) in [5, 5.41) is 2.37. The molecule has 0 saturated heterocycles. The second-order valence-corrected chi connectivity index (χ2v) is 6.11. The van der Waals surface area contributed by atoms with Gasteiger partial charge >= 0.3 is 0 Å². The molecule has 1 unspecified atom stereocenters. The molecule has 1 aliphatic rings. The van der Waals surface area contributed by atoms with Gasteiger partial charge in [0.15, 0.2) is 5.78 Å². The van der Waals surface area contributed by atoms with E-state index < -0.39 is 0 Å². The highest BCUT2D eigenvalue weighted by Crippen LogP contribution is 2.37. The summed E-state index contributed by atoms with van der Waals surface area (Å²) < 4.78 is 5.69. The maximum Gasteiger partial charge on any atom is 0.265 e. The molecule has 108 valence electrons. The van der Waals surface area contributed by atoms with E-state index in [4.69, 9.17) is 17.0 Å². The van der Waals surface area contributed by atoms with Crippen LogP contribution in [0.4, 0.5) is 0 Å². The van der Waals surface area contributed by atoms with Crippen LogP contribution in [0.3, 0.4) is 0 Å². The number of thiophene rings is 1. The fourth-order valence-electron chi connectivity index (χ4n) is 2.58. The number of carbonyl (C=O) groups excluding carboxylic acids is 1. The topological polar surface area (TPSA) is 29.5 Å². The number of Topliss-reactive ketones (excluding diaryl/α,β-unsaturated/α-hetero) is 1. The number of rotatable bonds is 4. The van der Waals surface area contributed by atoms with Gasteiger partial charge in [-0.3, -0.25) is 4.79 Å². The van der Waals surface area contributed by atoms with Crippen LogP contribution in [-0.2, 0) is 0 Å². The van der Waals surface area contributed by atoms with Gasteiger partial charge in [-0.1, -0.05) is 24.3 Å². The van der Waals surface area contributed by atoms with Crippen LogP contribution in [-0.4, -0.2) is 22.4 Å². The van der Waals surface area contributed by atoms with E-state index in [9.17, 15) is 4.79 Å². The molecule has 0 fully saturated rings. The highest BCUT2D eigenvalue weighted by molar-refractivity contribution is 7.80. The van der Waals surface area contributed by atoms with Gasteiger partial charge in [-0.2, -0.15) is 0 Å². The first-order valence-electron chi connectivity index (χ1n) is 6.84. The van der Waals surface area contributed by atoms with Gasteiger partial charge in [0.25, 0.3) is 5.17 Å². The van der Waals surface area contributed by atoms with Crippen molar-refractivity contribution in [3.8, 4) is 5.75 Å². The van der Waals surface area contributed by atoms with Gasteiger partial charge in [-0.25, -0.2) is 0 Å². The molecular formula is C16H15NO2S2. The maximum absolute atomic E-state index is 12.5. The number of carbonyl (C=O) groups is 1. The first-order valence-corrected chi connectivity index (χ1v) is 8.13. The van der Waals surface area contributed by atoms with Crippen molar-refractivity contribution in [2.75, 3.05) is 6.54 Å². The second-order valence-electron chi connectivity index (χ2n) is 4.81. The third-order valence-corrected chi connectivity index (χ3v) is 4.83. The van der Waals surface area contributed by atoms with E-state index in [-0.39, 0.29) is 11.8 Å². The molecule has 1 aliphatic heterocycles. The van der Waals surface area contributed by atoms with Crippen LogP contribution >= 0.6 is 23.6 Å². The first kappa shape index (κ1) is 14.2. The summed E-state index contributed by atoms with van der Waals surface area (Å²) in [4.78, 5) is 15.2. The Bertz CT molecular complexity index is 667. The molecule has 5 heteroatoms. The Kier molecular flexibility index (Phi) is 4.03.